The summed E-state index contributed by atoms with van der Waals surface area (Å²) in [6.07, 6.45) is 0.785. The molecule has 1 aliphatic rings. The molecule has 0 spiro atoms. The molecule has 0 saturated carbocycles. The second kappa shape index (κ2) is 5.53. The number of benzene rings is 1. The molecule has 0 radical (unpaired) electrons. The van der Waals surface area contributed by atoms with Gasteiger partial charge in [-0.3, -0.25) is 4.79 Å². The Hall–Kier alpha value is -1.35. The van der Waals surface area contributed by atoms with Crippen LogP contribution in [0.1, 0.15) is 31.9 Å². The molecule has 1 aromatic rings. The molecule has 2 atom stereocenters. The average molecular weight is 246 g/mol. The summed E-state index contributed by atoms with van der Waals surface area (Å²) in [5.41, 5.74) is 2.59. The van der Waals surface area contributed by atoms with E-state index in [1.807, 2.05) is 12.1 Å². The van der Waals surface area contributed by atoms with Gasteiger partial charge in [0.05, 0.1) is 6.04 Å². The van der Waals surface area contributed by atoms with Gasteiger partial charge < -0.3 is 10.6 Å². The number of hydrogen-bond acceptors (Lipinski definition) is 2. The maximum absolute atomic E-state index is 12.1. The lowest BCUT2D eigenvalue weighted by atomic mass is 9.95. The SMILES string of the molecule is CC(C)C(C)NC(=O)[C@H]1Cc2ccccc2CN1. The Morgan fingerprint density at radius 1 is 1.28 bits per heavy atom. The van der Waals surface area contributed by atoms with Crippen LogP contribution in [0.5, 0.6) is 0 Å². The predicted molar refractivity (Wildman–Crippen MR) is 73.2 cm³/mol. The smallest absolute Gasteiger partial charge is 0.237 e. The molecule has 0 aromatic heterocycles. The van der Waals surface area contributed by atoms with E-state index in [-0.39, 0.29) is 18.0 Å². The Morgan fingerprint density at radius 2 is 1.94 bits per heavy atom. The van der Waals surface area contributed by atoms with Gasteiger partial charge in [0.2, 0.25) is 5.91 Å². The van der Waals surface area contributed by atoms with Crippen molar-refractivity contribution in [1.82, 2.24) is 10.6 Å². The van der Waals surface area contributed by atoms with Gasteiger partial charge in [-0.1, -0.05) is 38.1 Å². The Labute approximate surface area is 109 Å². The minimum atomic E-state index is -0.0962. The van der Waals surface area contributed by atoms with Crippen LogP contribution in [-0.2, 0) is 17.8 Å². The fourth-order valence-electron chi connectivity index (χ4n) is 2.13. The summed E-state index contributed by atoms with van der Waals surface area (Å²) in [7, 11) is 0. The van der Waals surface area contributed by atoms with E-state index in [1.165, 1.54) is 11.1 Å². The molecule has 1 aliphatic heterocycles. The highest BCUT2D eigenvalue weighted by molar-refractivity contribution is 5.82. The Balaban J connectivity index is 1.98. The molecule has 1 unspecified atom stereocenters. The zero-order valence-corrected chi connectivity index (χ0v) is 11.4. The molecule has 3 nitrogen and oxygen atoms in total. The van der Waals surface area contributed by atoms with E-state index in [0.717, 1.165) is 13.0 Å². The van der Waals surface area contributed by atoms with Crippen molar-refractivity contribution >= 4 is 5.91 Å². The lowest BCUT2D eigenvalue weighted by molar-refractivity contribution is -0.124. The van der Waals surface area contributed by atoms with Crippen molar-refractivity contribution in [3.63, 3.8) is 0 Å². The number of carbonyl (C=O) groups excluding carboxylic acids is 1. The summed E-state index contributed by atoms with van der Waals surface area (Å²) >= 11 is 0. The van der Waals surface area contributed by atoms with E-state index in [9.17, 15) is 4.79 Å². The average Bonchev–Trinajstić information content (AvgIpc) is 2.37. The number of hydrogen-bond donors (Lipinski definition) is 2. The minimum absolute atomic E-state index is 0.0962. The number of amides is 1. The van der Waals surface area contributed by atoms with Crippen LogP contribution >= 0.6 is 0 Å². The molecule has 1 amide bonds. The molecule has 0 bridgehead atoms. The quantitative estimate of drug-likeness (QED) is 0.854. The number of carbonyl (C=O) groups is 1. The van der Waals surface area contributed by atoms with Crippen LogP contribution in [-0.4, -0.2) is 18.0 Å². The number of rotatable bonds is 3. The van der Waals surface area contributed by atoms with Gasteiger partial charge in [0.1, 0.15) is 0 Å². The molecule has 3 heteroatoms. The molecular weight excluding hydrogens is 224 g/mol. The maximum Gasteiger partial charge on any atom is 0.237 e. The van der Waals surface area contributed by atoms with Gasteiger partial charge in [-0.15, -0.1) is 0 Å². The van der Waals surface area contributed by atoms with Gasteiger partial charge in [-0.25, -0.2) is 0 Å². The molecular formula is C15H22N2O. The van der Waals surface area contributed by atoms with Crippen molar-refractivity contribution in [2.75, 3.05) is 0 Å². The summed E-state index contributed by atoms with van der Waals surface area (Å²) in [6.45, 7) is 7.08. The van der Waals surface area contributed by atoms with Crippen molar-refractivity contribution in [2.45, 2.75) is 45.8 Å². The van der Waals surface area contributed by atoms with Gasteiger partial charge in [-0.2, -0.15) is 0 Å². The number of nitrogens with one attached hydrogen (secondary N) is 2. The zero-order valence-electron chi connectivity index (χ0n) is 11.4. The van der Waals surface area contributed by atoms with Crippen molar-refractivity contribution in [3.8, 4) is 0 Å². The molecule has 1 aromatic carbocycles. The van der Waals surface area contributed by atoms with Crippen LogP contribution in [0.2, 0.25) is 0 Å². The highest BCUT2D eigenvalue weighted by atomic mass is 16.2. The molecule has 1 heterocycles. The molecule has 0 fully saturated rings. The van der Waals surface area contributed by atoms with E-state index >= 15 is 0 Å². The molecule has 2 rings (SSSR count). The summed E-state index contributed by atoms with van der Waals surface area (Å²) in [6, 6.07) is 8.44. The molecule has 98 valence electrons. The van der Waals surface area contributed by atoms with Gasteiger partial charge in [0.15, 0.2) is 0 Å². The van der Waals surface area contributed by atoms with Gasteiger partial charge in [0.25, 0.3) is 0 Å². The first-order valence-corrected chi connectivity index (χ1v) is 6.68. The minimum Gasteiger partial charge on any atom is -0.352 e. The van der Waals surface area contributed by atoms with Crippen LogP contribution in [0.15, 0.2) is 24.3 Å². The molecule has 2 N–H and O–H groups in total. The molecule has 18 heavy (non-hydrogen) atoms. The Morgan fingerprint density at radius 3 is 2.61 bits per heavy atom. The van der Waals surface area contributed by atoms with Gasteiger partial charge >= 0.3 is 0 Å². The van der Waals surface area contributed by atoms with Crippen LogP contribution < -0.4 is 10.6 Å². The number of fused-ring (bicyclic) bond motifs is 1. The van der Waals surface area contributed by atoms with Crippen molar-refractivity contribution in [2.24, 2.45) is 5.92 Å². The van der Waals surface area contributed by atoms with E-state index in [0.29, 0.717) is 5.92 Å². The second-order valence-electron chi connectivity index (χ2n) is 5.45. The van der Waals surface area contributed by atoms with E-state index < -0.39 is 0 Å². The van der Waals surface area contributed by atoms with Crippen molar-refractivity contribution in [1.29, 1.82) is 0 Å². The highest BCUT2D eigenvalue weighted by Crippen LogP contribution is 2.16. The summed E-state index contributed by atoms with van der Waals surface area (Å²) < 4.78 is 0. The first-order valence-electron chi connectivity index (χ1n) is 6.68. The standard InChI is InChI=1S/C15H22N2O/c1-10(2)11(3)17-15(18)14-8-12-6-4-5-7-13(12)9-16-14/h4-7,10-11,14,16H,8-9H2,1-3H3,(H,17,18)/t11?,14-/m1/s1. The third kappa shape index (κ3) is 2.91. The summed E-state index contributed by atoms with van der Waals surface area (Å²) in [5, 5.41) is 6.39. The topological polar surface area (TPSA) is 41.1 Å². The first kappa shape index (κ1) is 13.1. The van der Waals surface area contributed by atoms with E-state index in [2.05, 4.69) is 43.5 Å². The summed E-state index contributed by atoms with van der Waals surface area (Å²) in [5.74, 6) is 0.579. The van der Waals surface area contributed by atoms with Gasteiger partial charge in [-0.05, 0) is 30.4 Å². The van der Waals surface area contributed by atoms with Crippen LogP contribution in [0.3, 0.4) is 0 Å². The van der Waals surface area contributed by atoms with Crippen LogP contribution in [0, 0.1) is 5.92 Å². The largest absolute Gasteiger partial charge is 0.352 e. The lowest BCUT2D eigenvalue weighted by Crippen LogP contribution is -2.50. The van der Waals surface area contributed by atoms with Crippen molar-refractivity contribution in [3.05, 3.63) is 35.4 Å². The van der Waals surface area contributed by atoms with Crippen LogP contribution in [0.4, 0.5) is 0 Å². The van der Waals surface area contributed by atoms with Gasteiger partial charge in [0, 0.05) is 12.6 Å². The fourth-order valence-corrected chi connectivity index (χ4v) is 2.13. The third-order valence-electron chi connectivity index (χ3n) is 3.77. The van der Waals surface area contributed by atoms with E-state index in [1.54, 1.807) is 0 Å². The second-order valence-corrected chi connectivity index (χ2v) is 5.45. The first-order chi connectivity index (χ1) is 8.58. The third-order valence-corrected chi connectivity index (χ3v) is 3.77. The van der Waals surface area contributed by atoms with E-state index in [4.69, 9.17) is 0 Å². The molecule has 0 saturated heterocycles. The normalized spacial score (nSPS) is 20.3. The fraction of sp³-hybridized carbons (Fsp3) is 0.533. The van der Waals surface area contributed by atoms with Crippen molar-refractivity contribution < 1.29 is 4.79 Å². The lowest BCUT2D eigenvalue weighted by Gasteiger charge is -2.27. The summed E-state index contributed by atoms with van der Waals surface area (Å²) in [4.78, 5) is 12.1. The highest BCUT2D eigenvalue weighted by Gasteiger charge is 2.25. The monoisotopic (exact) mass is 246 g/mol. The Bertz CT molecular complexity index is 428. The molecule has 0 aliphatic carbocycles. The predicted octanol–water partition coefficient (Wildman–Crippen LogP) is 1.86. The Kier molecular flexibility index (Phi) is 4.02. The maximum atomic E-state index is 12.1. The zero-order chi connectivity index (χ0) is 13.1. The van der Waals surface area contributed by atoms with Crippen LogP contribution in [0.25, 0.3) is 0 Å².